The average molecular weight is 357 g/mol. The molecule has 0 unspecified atom stereocenters. The molecule has 9 heteroatoms. The zero-order chi connectivity index (χ0) is 19.1. The van der Waals surface area contributed by atoms with Gasteiger partial charge in [-0.3, -0.25) is 14.9 Å². The number of aliphatic carboxylic acids is 1. The summed E-state index contributed by atoms with van der Waals surface area (Å²) in [5.74, 6) is -1.18. The average Bonchev–Trinajstić information content (AvgIpc) is 2.63. The third-order valence-corrected chi connectivity index (χ3v) is 3.26. The number of nitro groups is 1. The molecule has 0 aliphatic carbocycles. The molecule has 0 saturated heterocycles. The monoisotopic (exact) mass is 357 g/mol. The van der Waals surface area contributed by atoms with E-state index >= 15 is 0 Å². The number of hydrogen-bond acceptors (Lipinski definition) is 6. The molecule has 9 nitrogen and oxygen atoms in total. The van der Waals surface area contributed by atoms with Crippen molar-refractivity contribution in [2.45, 2.75) is 13.0 Å². The van der Waals surface area contributed by atoms with Crippen LogP contribution in [0.1, 0.15) is 22.8 Å². The predicted molar refractivity (Wildman–Crippen MR) is 92.3 cm³/mol. The third-order valence-electron chi connectivity index (χ3n) is 3.26. The summed E-state index contributed by atoms with van der Waals surface area (Å²) in [6.45, 7) is 1.42. The summed E-state index contributed by atoms with van der Waals surface area (Å²) < 4.78 is 5.20. The quantitative estimate of drug-likeness (QED) is 0.444. The third kappa shape index (κ3) is 5.13. The highest BCUT2D eigenvalue weighted by Gasteiger charge is 2.12. The lowest BCUT2D eigenvalue weighted by atomic mass is 10.2. The smallest absolute Gasteiger partial charge is 0.344 e. The Balaban J connectivity index is 1.92. The van der Waals surface area contributed by atoms with Crippen LogP contribution in [0, 0.1) is 10.1 Å². The summed E-state index contributed by atoms with van der Waals surface area (Å²) in [6, 6.07) is 11.6. The van der Waals surface area contributed by atoms with Gasteiger partial charge >= 0.3 is 5.97 Å². The second kappa shape index (κ2) is 8.38. The number of rotatable bonds is 7. The van der Waals surface area contributed by atoms with Crippen LogP contribution >= 0.6 is 0 Å². The molecular formula is C17H15N3O6. The van der Waals surface area contributed by atoms with Crippen molar-refractivity contribution in [3.05, 3.63) is 69.8 Å². The van der Waals surface area contributed by atoms with Gasteiger partial charge in [0.15, 0.2) is 6.10 Å². The lowest BCUT2D eigenvalue weighted by molar-refractivity contribution is -0.384. The second-order valence-electron chi connectivity index (χ2n) is 5.17. The summed E-state index contributed by atoms with van der Waals surface area (Å²) >= 11 is 0. The Bertz CT molecular complexity index is 831. The standard InChI is InChI=1S/C17H15N3O6/c1-11(17(22)23)26-15-8-2-12(3-9-15)10-18-19-16(21)13-4-6-14(7-5-13)20(24)25/h2-11H,1H3,(H,19,21)(H,22,23)/b18-10-/t11-/m0/s1. The van der Waals surface area contributed by atoms with E-state index in [1.165, 1.54) is 37.4 Å². The lowest BCUT2D eigenvalue weighted by Crippen LogP contribution is -2.22. The lowest BCUT2D eigenvalue weighted by Gasteiger charge is -2.09. The zero-order valence-electron chi connectivity index (χ0n) is 13.7. The number of hydrogen-bond donors (Lipinski definition) is 2. The number of hydrazone groups is 1. The normalized spacial score (nSPS) is 11.7. The molecule has 1 atom stereocenters. The van der Waals surface area contributed by atoms with Crippen molar-refractivity contribution in [2.75, 3.05) is 0 Å². The molecule has 2 rings (SSSR count). The van der Waals surface area contributed by atoms with E-state index in [0.29, 0.717) is 11.3 Å². The molecule has 134 valence electrons. The molecule has 0 saturated carbocycles. The van der Waals surface area contributed by atoms with Gasteiger partial charge in [-0.1, -0.05) is 0 Å². The van der Waals surface area contributed by atoms with Gasteiger partial charge in [-0.25, -0.2) is 10.2 Å². The summed E-state index contributed by atoms with van der Waals surface area (Å²) in [6.07, 6.45) is 0.434. The molecule has 2 aromatic rings. The highest BCUT2D eigenvalue weighted by atomic mass is 16.6. The summed E-state index contributed by atoms with van der Waals surface area (Å²) in [5.41, 5.74) is 3.09. The van der Waals surface area contributed by atoms with Crippen LogP contribution < -0.4 is 10.2 Å². The minimum absolute atomic E-state index is 0.107. The molecule has 0 aliphatic rings. The highest BCUT2D eigenvalue weighted by molar-refractivity contribution is 5.95. The van der Waals surface area contributed by atoms with Crippen LogP contribution in [-0.4, -0.2) is 34.2 Å². The summed E-state index contributed by atoms with van der Waals surface area (Å²) in [7, 11) is 0. The van der Waals surface area contributed by atoms with Gasteiger partial charge in [-0.15, -0.1) is 0 Å². The molecule has 0 bridgehead atoms. The van der Waals surface area contributed by atoms with Gasteiger partial charge in [0.25, 0.3) is 11.6 Å². The van der Waals surface area contributed by atoms with Gasteiger partial charge in [0.05, 0.1) is 11.1 Å². The number of carboxylic acid groups (broad SMARTS) is 1. The Kier molecular flexibility index (Phi) is 5.99. The topological polar surface area (TPSA) is 131 Å². The molecule has 0 radical (unpaired) electrons. The second-order valence-corrected chi connectivity index (χ2v) is 5.17. The van der Waals surface area contributed by atoms with Crippen molar-refractivity contribution in [1.29, 1.82) is 0 Å². The molecule has 2 aromatic carbocycles. The first-order valence-electron chi connectivity index (χ1n) is 7.44. The van der Waals surface area contributed by atoms with Gasteiger partial charge < -0.3 is 9.84 Å². The van der Waals surface area contributed by atoms with Gasteiger partial charge in [0.1, 0.15) is 5.75 Å². The Morgan fingerprint density at radius 2 is 1.81 bits per heavy atom. The van der Waals surface area contributed by atoms with Crippen molar-refractivity contribution in [3.63, 3.8) is 0 Å². The fourth-order valence-corrected chi connectivity index (χ4v) is 1.85. The molecule has 0 heterocycles. The maximum Gasteiger partial charge on any atom is 0.344 e. The van der Waals surface area contributed by atoms with Crippen molar-refractivity contribution in [2.24, 2.45) is 5.10 Å². The van der Waals surface area contributed by atoms with Crippen LogP contribution in [0.5, 0.6) is 5.75 Å². The van der Waals surface area contributed by atoms with E-state index in [1.54, 1.807) is 24.3 Å². The number of non-ortho nitro benzene ring substituents is 1. The largest absolute Gasteiger partial charge is 0.479 e. The maximum absolute atomic E-state index is 11.9. The first kappa shape index (κ1) is 18.6. The molecule has 2 N–H and O–H groups in total. The number of nitrogens with one attached hydrogen (secondary N) is 1. The number of nitrogens with zero attached hydrogens (tertiary/aromatic N) is 2. The fraction of sp³-hybridized carbons (Fsp3) is 0.118. The highest BCUT2D eigenvalue weighted by Crippen LogP contribution is 2.13. The Morgan fingerprint density at radius 1 is 1.19 bits per heavy atom. The zero-order valence-corrected chi connectivity index (χ0v) is 13.7. The van der Waals surface area contributed by atoms with Crippen molar-refractivity contribution in [1.82, 2.24) is 5.43 Å². The Hall–Kier alpha value is -3.75. The first-order valence-corrected chi connectivity index (χ1v) is 7.44. The SMILES string of the molecule is C[C@H](Oc1ccc(/C=N\NC(=O)c2ccc([N+](=O)[O-])cc2)cc1)C(=O)O. The number of nitro benzene ring substituents is 1. The van der Waals surface area contributed by atoms with Gasteiger partial charge in [-0.2, -0.15) is 5.10 Å². The minimum Gasteiger partial charge on any atom is -0.479 e. The van der Waals surface area contributed by atoms with E-state index in [-0.39, 0.29) is 11.3 Å². The molecular weight excluding hydrogens is 342 g/mol. The molecule has 0 fully saturated rings. The Morgan fingerprint density at radius 3 is 2.35 bits per heavy atom. The van der Waals surface area contributed by atoms with Crippen LogP contribution in [0.25, 0.3) is 0 Å². The number of benzene rings is 2. The van der Waals surface area contributed by atoms with Crippen LogP contribution in [0.2, 0.25) is 0 Å². The van der Waals surface area contributed by atoms with E-state index in [9.17, 15) is 19.7 Å². The molecule has 0 aromatic heterocycles. The molecule has 0 aliphatic heterocycles. The van der Waals surface area contributed by atoms with Gasteiger partial charge in [0.2, 0.25) is 0 Å². The van der Waals surface area contributed by atoms with Crippen molar-refractivity contribution < 1.29 is 24.4 Å². The van der Waals surface area contributed by atoms with E-state index in [4.69, 9.17) is 9.84 Å². The van der Waals surface area contributed by atoms with Crippen LogP contribution in [0.3, 0.4) is 0 Å². The van der Waals surface area contributed by atoms with Crippen molar-refractivity contribution >= 4 is 23.8 Å². The number of carbonyl (C=O) groups excluding carboxylic acids is 1. The minimum atomic E-state index is -1.07. The van der Waals surface area contributed by atoms with E-state index in [2.05, 4.69) is 10.5 Å². The molecule has 26 heavy (non-hydrogen) atoms. The van der Waals surface area contributed by atoms with E-state index in [1.807, 2.05) is 0 Å². The number of carbonyl (C=O) groups is 2. The molecule has 1 amide bonds. The Labute approximate surface area is 148 Å². The van der Waals surface area contributed by atoms with Crippen LogP contribution in [0.15, 0.2) is 53.6 Å². The number of amides is 1. The van der Waals surface area contributed by atoms with Crippen LogP contribution in [-0.2, 0) is 4.79 Å². The van der Waals surface area contributed by atoms with Gasteiger partial charge in [0, 0.05) is 17.7 Å². The van der Waals surface area contributed by atoms with Gasteiger partial charge in [-0.05, 0) is 48.9 Å². The summed E-state index contributed by atoms with van der Waals surface area (Å²) in [4.78, 5) is 32.6. The summed E-state index contributed by atoms with van der Waals surface area (Å²) in [5, 5.41) is 23.2. The first-order chi connectivity index (χ1) is 12.4. The molecule has 0 spiro atoms. The maximum atomic E-state index is 11.9. The van der Waals surface area contributed by atoms with E-state index < -0.39 is 22.9 Å². The number of carboxylic acids is 1. The van der Waals surface area contributed by atoms with Crippen LogP contribution in [0.4, 0.5) is 5.69 Å². The fourth-order valence-electron chi connectivity index (χ4n) is 1.85. The number of ether oxygens (including phenoxy) is 1. The van der Waals surface area contributed by atoms with E-state index in [0.717, 1.165) is 0 Å². The predicted octanol–water partition coefficient (Wildman–Crippen LogP) is 2.21. The van der Waals surface area contributed by atoms with Crippen molar-refractivity contribution in [3.8, 4) is 5.75 Å².